The molecule has 0 bridgehead atoms. The van der Waals surface area contributed by atoms with Crippen molar-refractivity contribution in [2.75, 3.05) is 32.8 Å². The van der Waals surface area contributed by atoms with E-state index in [-0.39, 0.29) is 11.7 Å². The van der Waals surface area contributed by atoms with Gasteiger partial charge in [-0.1, -0.05) is 65.7 Å². The van der Waals surface area contributed by atoms with Crippen molar-refractivity contribution < 1.29 is 43.2 Å². The summed E-state index contributed by atoms with van der Waals surface area (Å²) in [6.45, 7) is 10.7. The SMILES string of the molecule is C/C(=C\C(=O)N1CCN(Cc2ccc(CCOc3ccc(F)cc3)cc2)CC1)c1cc(C)c(Oc2ccc(OCc3ccc(C)cc3)cn2)c(Cl)c1.O=C(O)C(=O)O. The molecule has 2 heterocycles. The zero-order valence-electron chi connectivity index (χ0n) is 32.5. The molecule has 1 aliphatic rings. The molecule has 1 fully saturated rings. The minimum Gasteiger partial charge on any atom is -0.493 e. The molecule has 0 spiro atoms. The van der Waals surface area contributed by atoms with Crippen LogP contribution in [0.15, 0.2) is 109 Å². The van der Waals surface area contributed by atoms with Crippen molar-refractivity contribution >= 4 is 35.0 Å². The first-order valence-corrected chi connectivity index (χ1v) is 19.0. The number of rotatable bonds is 13. The van der Waals surface area contributed by atoms with Crippen LogP contribution in [0.1, 0.15) is 40.3 Å². The molecule has 0 saturated carbocycles. The molecule has 0 aliphatic carbocycles. The van der Waals surface area contributed by atoms with E-state index in [1.165, 1.54) is 28.8 Å². The first-order chi connectivity index (χ1) is 27.8. The number of hydrogen-bond acceptors (Lipinski definition) is 8. The fourth-order valence-electron chi connectivity index (χ4n) is 5.93. The van der Waals surface area contributed by atoms with E-state index in [2.05, 4.69) is 53.2 Å². The number of amides is 1. The van der Waals surface area contributed by atoms with E-state index >= 15 is 0 Å². The van der Waals surface area contributed by atoms with Gasteiger partial charge in [0.25, 0.3) is 0 Å². The van der Waals surface area contributed by atoms with Crippen LogP contribution in [0.2, 0.25) is 5.02 Å². The van der Waals surface area contributed by atoms with Crippen LogP contribution in [-0.2, 0) is 34.0 Å². The molecule has 1 aliphatic heterocycles. The van der Waals surface area contributed by atoms with Gasteiger partial charge in [-0.15, -0.1) is 0 Å². The first-order valence-electron chi connectivity index (χ1n) is 18.6. The molecule has 2 N–H and O–H groups in total. The monoisotopic (exact) mass is 809 g/mol. The first kappa shape index (κ1) is 42.9. The summed E-state index contributed by atoms with van der Waals surface area (Å²) >= 11 is 6.69. The third-order valence-corrected chi connectivity index (χ3v) is 9.52. The zero-order valence-corrected chi connectivity index (χ0v) is 33.2. The van der Waals surface area contributed by atoms with Crippen molar-refractivity contribution in [3.63, 3.8) is 0 Å². The Hall–Kier alpha value is -6.24. The lowest BCUT2D eigenvalue weighted by atomic mass is 10.0. The highest BCUT2D eigenvalue weighted by molar-refractivity contribution is 6.32. The Balaban J connectivity index is 0.000000992. The number of ether oxygens (including phenoxy) is 3. The third kappa shape index (κ3) is 13.2. The number of carbonyl (C=O) groups is 3. The number of carboxylic acid groups (broad SMARTS) is 2. The standard InChI is InChI=1S/C43H43ClFN3O4.C2H2O4/c1-30-4-6-35(7-5-30)29-51-39-16-17-41(46-27-39)52-43-32(3)24-36(26-40(43)44)31(2)25-42(49)48-21-19-47(20-22-48)28-34-10-8-33(9-11-34)18-23-50-38-14-12-37(45)13-15-38;3-1(4)2(5)6/h4-17,24-27H,18-23,28-29H2,1-3H3;(H,3,4)(H,5,6)/b31-25+;. The van der Waals surface area contributed by atoms with E-state index in [0.29, 0.717) is 54.5 Å². The second-order valence-electron chi connectivity index (χ2n) is 13.7. The number of carboxylic acids is 2. The number of benzene rings is 4. The molecule has 1 saturated heterocycles. The van der Waals surface area contributed by atoms with Gasteiger partial charge in [-0.25, -0.2) is 19.0 Å². The number of aromatic nitrogens is 1. The molecule has 6 rings (SSSR count). The lowest BCUT2D eigenvalue weighted by molar-refractivity contribution is -0.159. The highest BCUT2D eigenvalue weighted by atomic mass is 35.5. The second-order valence-corrected chi connectivity index (χ2v) is 14.1. The van der Waals surface area contributed by atoms with Gasteiger partial charge in [-0.05, 0) is 96.6 Å². The lowest BCUT2D eigenvalue weighted by Crippen LogP contribution is -2.47. The van der Waals surface area contributed by atoms with E-state index < -0.39 is 11.9 Å². The summed E-state index contributed by atoms with van der Waals surface area (Å²) in [6, 6.07) is 30.2. The summed E-state index contributed by atoms with van der Waals surface area (Å²) in [5.74, 6) is -1.69. The molecule has 58 heavy (non-hydrogen) atoms. The maximum atomic E-state index is 13.3. The van der Waals surface area contributed by atoms with Gasteiger partial charge in [0.2, 0.25) is 11.8 Å². The van der Waals surface area contributed by atoms with E-state index in [9.17, 15) is 9.18 Å². The summed E-state index contributed by atoms with van der Waals surface area (Å²) in [4.78, 5) is 40.1. The van der Waals surface area contributed by atoms with E-state index in [1.807, 2.05) is 49.1 Å². The van der Waals surface area contributed by atoms with Crippen molar-refractivity contribution in [1.29, 1.82) is 0 Å². The number of halogens is 2. The van der Waals surface area contributed by atoms with Gasteiger partial charge in [0.15, 0.2) is 5.75 Å². The van der Waals surface area contributed by atoms with Crippen LogP contribution in [0.25, 0.3) is 5.57 Å². The molecule has 1 amide bonds. The molecule has 11 nitrogen and oxygen atoms in total. The Kier molecular flexibility index (Phi) is 15.4. The number of hydrogen-bond donors (Lipinski definition) is 2. The number of pyridine rings is 1. The van der Waals surface area contributed by atoms with Gasteiger partial charge in [0, 0.05) is 51.3 Å². The van der Waals surface area contributed by atoms with Crippen LogP contribution < -0.4 is 14.2 Å². The molecule has 302 valence electrons. The number of nitrogens with zero attached hydrogens (tertiary/aromatic N) is 3. The molecular weight excluding hydrogens is 765 g/mol. The van der Waals surface area contributed by atoms with E-state index in [0.717, 1.165) is 48.3 Å². The Morgan fingerprint density at radius 3 is 2.02 bits per heavy atom. The highest BCUT2D eigenvalue weighted by Crippen LogP contribution is 2.35. The molecule has 0 radical (unpaired) electrons. The molecular formula is C45H45ClFN3O8. The quantitative estimate of drug-likeness (QED) is 0.0881. The molecule has 0 unspecified atom stereocenters. The number of allylic oxidation sites excluding steroid dienone is 1. The van der Waals surface area contributed by atoms with Crippen LogP contribution in [-0.4, -0.2) is 75.6 Å². The van der Waals surface area contributed by atoms with Gasteiger partial charge >= 0.3 is 11.9 Å². The molecule has 4 aromatic carbocycles. The maximum absolute atomic E-state index is 13.3. The number of carbonyl (C=O) groups excluding carboxylic acids is 1. The maximum Gasteiger partial charge on any atom is 0.414 e. The zero-order chi connectivity index (χ0) is 41.6. The second kappa shape index (κ2) is 20.8. The normalized spacial score (nSPS) is 12.9. The molecule has 1 aromatic heterocycles. The Morgan fingerprint density at radius 1 is 0.793 bits per heavy atom. The van der Waals surface area contributed by atoms with Crippen molar-refractivity contribution in [2.24, 2.45) is 0 Å². The summed E-state index contributed by atoms with van der Waals surface area (Å²) in [5, 5.41) is 15.2. The Bertz CT molecular complexity index is 2150. The smallest absolute Gasteiger partial charge is 0.414 e. The minimum atomic E-state index is -1.82. The average molecular weight is 810 g/mol. The lowest BCUT2D eigenvalue weighted by Gasteiger charge is -2.34. The van der Waals surface area contributed by atoms with Gasteiger partial charge in [0.05, 0.1) is 17.8 Å². The molecule has 0 atom stereocenters. The summed E-state index contributed by atoms with van der Waals surface area (Å²) in [7, 11) is 0. The van der Waals surface area contributed by atoms with Crippen molar-refractivity contribution in [3.8, 4) is 23.1 Å². The van der Waals surface area contributed by atoms with Crippen molar-refractivity contribution in [3.05, 3.63) is 154 Å². The number of aryl methyl sites for hydroxylation is 2. The van der Waals surface area contributed by atoms with Gasteiger partial charge in [-0.2, -0.15) is 0 Å². The van der Waals surface area contributed by atoms with Crippen LogP contribution in [0.4, 0.5) is 4.39 Å². The third-order valence-electron chi connectivity index (χ3n) is 9.24. The fourth-order valence-corrected chi connectivity index (χ4v) is 6.23. The fraction of sp³-hybridized carbons (Fsp3) is 0.244. The van der Waals surface area contributed by atoms with Crippen LogP contribution >= 0.6 is 11.6 Å². The van der Waals surface area contributed by atoms with Crippen LogP contribution in [0.3, 0.4) is 0 Å². The average Bonchev–Trinajstić information content (AvgIpc) is 3.21. The molecule has 13 heteroatoms. The largest absolute Gasteiger partial charge is 0.493 e. The van der Waals surface area contributed by atoms with Gasteiger partial charge < -0.3 is 29.3 Å². The van der Waals surface area contributed by atoms with Crippen molar-refractivity contribution in [2.45, 2.75) is 40.3 Å². The Labute approximate surface area is 341 Å². The van der Waals surface area contributed by atoms with Crippen LogP contribution in [0.5, 0.6) is 23.1 Å². The number of aliphatic carboxylic acids is 2. The predicted octanol–water partition coefficient (Wildman–Crippen LogP) is 8.39. The van der Waals surface area contributed by atoms with Crippen LogP contribution in [0, 0.1) is 19.7 Å². The summed E-state index contributed by atoms with van der Waals surface area (Å²) in [5.41, 5.74) is 7.24. The Morgan fingerprint density at radius 2 is 1.41 bits per heavy atom. The van der Waals surface area contributed by atoms with E-state index in [4.69, 9.17) is 45.6 Å². The number of piperazine rings is 1. The summed E-state index contributed by atoms with van der Waals surface area (Å²) in [6.07, 6.45) is 4.10. The predicted molar refractivity (Wildman–Crippen MR) is 219 cm³/mol. The summed E-state index contributed by atoms with van der Waals surface area (Å²) < 4.78 is 30.7. The minimum absolute atomic E-state index is 0.00709. The highest BCUT2D eigenvalue weighted by Gasteiger charge is 2.21. The topological polar surface area (TPSA) is 139 Å². The van der Waals surface area contributed by atoms with Gasteiger partial charge in [-0.3, -0.25) is 9.69 Å². The molecule has 5 aromatic rings. The van der Waals surface area contributed by atoms with Crippen molar-refractivity contribution in [1.82, 2.24) is 14.8 Å². The van der Waals surface area contributed by atoms with Gasteiger partial charge in [0.1, 0.15) is 23.9 Å². The van der Waals surface area contributed by atoms with E-state index in [1.54, 1.807) is 30.5 Å².